The van der Waals surface area contributed by atoms with E-state index >= 15 is 0 Å². The zero-order chi connectivity index (χ0) is 21.9. The molecule has 1 N–H and O–H groups in total. The minimum absolute atomic E-state index is 0.0723. The number of hydrogen-bond donors (Lipinski definition) is 1. The first kappa shape index (κ1) is 19.3. The molecule has 2 aromatic carbocycles. The van der Waals surface area contributed by atoms with Gasteiger partial charge in [-0.1, -0.05) is 17.7 Å². The lowest BCUT2D eigenvalue weighted by Gasteiger charge is -2.40. The zero-order valence-corrected chi connectivity index (χ0v) is 17.6. The van der Waals surface area contributed by atoms with Gasteiger partial charge in [-0.2, -0.15) is 0 Å². The van der Waals surface area contributed by atoms with E-state index in [-0.39, 0.29) is 17.8 Å². The number of aryl methyl sites for hydroxylation is 1. The molecule has 8 nitrogen and oxygen atoms in total. The predicted molar refractivity (Wildman–Crippen MR) is 117 cm³/mol. The van der Waals surface area contributed by atoms with Gasteiger partial charge in [0, 0.05) is 18.7 Å². The average Bonchev–Trinajstić information content (AvgIpc) is 3.48. The fourth-order valence-corrected chi connectivity index (χ4v) is 4.20. The van der Waals surface area contributed by atoms with Gasteiger partial charge in [0.1, 0.15) is 6.04 Å². The molecule has 5 rings (SSSR count). The van der Waals surface area contributed by atoms with Crippen LogP contribution in [0, 0.1) is 6.92 Å². The van der Waals surface area contributed by atoms with Crippen LogP contribution in [0.5, 0.6) is 0 Å². The Balaban J connectivity index is 1.67. The second kappa shape index (κ2) is 6.94. The Morgan fingerprint density at radius 1 is 1.10 bits per heavy atom. The molecule has 1 aromatic heterocycles. The van der Waals surface area contributed by atoms with Crippen LogP contribution in [0.15, 0.2) is 42.5 Å². The van der Waals surface area contributed by atoms with Crippen molar-refractivity contribution in [2.24, 2.45) is 0 Å². The predicted octanol–water partition coefficient (Wildman–Crippen LogP) is 3.27. The standard InChI is InChI=1S/C23H23N5O3/c1-13-4-7-17(8-5-13)28-21(24-20(25-28)23(30)31)15-6-11-18-19(12-15)27(16-9-10-16)14(2)22(29)26(18)3/h4-8,11-12,14,16H,9-10H2,1-3H3,(H,30,31). The number of benzene rings is 2. The van der Waals surface area contributed by atoms with Gasteiger partial charge in [0.15, 0.2) is 5.82 Å². The van der Waals surface area contributed by atoms with Gasteiger partial charge in [-0.15, -0.1) is 5.10 Å². The van der Waals surface area contributed by atoms with Gasteiger partial charge >= 0.3 is 5.97 Å². The van der Waals surface area contributed by atoms with Gasteiger partial charge in [-0.25, -0.2) is 14.5 Å². The molecule has 1 amide bonds. The van der Waals surface area contributed by atoms with E-state index in [2.05, 4.69) is 15.0 Å². The van der Waals surface area contributed by atoms with Gasteiger partial charge in [-0.3, -0.25) is 4.79 Å². The van der Waals surface area contributed by atoms with Gasteiger partial charge in [-0.05, 0) is 57.0 Å². The highest BCUT2D eigenvalue weighted by Crippen LogP contribution is 2.44. The SMILES string of the molecule is Cc1ccc(-n2nc(C(=O)O)nc2-c2ccc3c(c2)N(C2CC2)C(C)C(=O)N3C)cc1. The van der Waals surface area contributed by atoms with Crippen molar-refractivity contribution in [2.45, 2.75) is 38.8 Å². The molecule has 158 valence electrons. The summed E-state index contributed by atoms with van der Waals surface area (Å²) < 4.78 is 1.56. The Bertz CT molecular complexity index is 1200. The van der Waals surface area contributed by atoms with Crippen LogP contribution in [0.25, 0.3) is 17.1 Å². The third-order valence-electron chi connectivity index (χ3n) is 6.00. The fourth-order valence-electron chi connectivity index (χ4n) is 4.20. The van der Waals surface area contributed by atoms with Crippen LogP contribution in [-0.2, 0) is 4.79 Å². The van der Waals surface area contributed by atoms with Gasteiger partial charge in [0.2, 0.25) is 5.91 Å². The number of carbonyl (C=O) groups excluding carboxylic acids is 1. The molecule has 0 saturated heterocycles. The first-order valence-electron chi connectivity index (χ1n) is 10.3. The molecule has 1 aliphatic heterocycles. The average molecular weight is 417 g/mol. The third-order valence-corrected chi connectivity index (χ3v) is 6.00. The normalized spacial score (nSPS) is 18.3. The Hall–Kier alpha value is -3.68. The van der Waals surface area contributed by atoms with Crippen molar-refractivity contribution in [3.8, 4) is 17.1 Å². The van der Waals surface area contributed by atoms with Crippen molar-refractivity contribution in [3.05, 3.63) is 53.9 Å². The van der Waals surface area contributed by atoms with E-state index in [1.807, 2.05) is 56.3 Å². The molecule has 1 saturated carbocycles. The van der Waals surface area contributed by atoms with Gasteiger partial charge < -0.3 is 14.9 Å². The number of anilines is 2. The van der Waals surface area contributed by atoms with Crippen molar-refractivity contribution in [3.63, 3.8) is 0 Å². The summed E-state index contributed by atoms with van der Waals surface area (Å²) >= 11 is 0. The summed E-state index contributed by atoms with van der Waals surface area (Å²) in [6, 6.07) is 13.5. The monoisotopic (exact) mass is 417 g/mol. The molecule has 8 heteroatoms. The molecule has 0 spiro atoms. The highest BCUT2D eigenvalue weighted by molar-refractivity contribution is 6.05. The van der Waals surface area contributed by atoms with Crippen molar-refractivity contribution in [1.29, 1.82) is 0 Å². The minimum Gasteiger partial charge on any atom is -0.475 e. The number of likely N-dealkylation sites (N-methyl/N-ethyl adjacent to an activating group) is 1. The number of aromatic nitrogens is 3. The van der Waals surface area contributed by atoms with E-state index in [4.69, 9.17) is 0 Å². The van der Waals surface area contributed by atoms with Crippen molar-refractivity contribution in [1.82, 2.24) is 14.8 Å². The van der Waals surface area contributed by atoms with E-state index in [0.717, 1.165) is 41.0 Å². The van der Waals surface area contributed by atoms with E-state index in [1.54, 1.807) is 16.6 Å². The van der Waals surface area contributed by atoms with Crippen molar-refractivity contribution < 1.29 is 14.7 Å². The summed E-state index contributed by atoms with van der Waals surface area (Å²) in [6.07, 6.45) is 2.13. The van der Waals surface area contributed by atoms with E-state index in [1.165, 1.54) is 0 Å². The van der Waals surface area contributed by atoms with E-state index < -0.39 is 5.97 Å². The number of rotatable bonds is 4. The number of amides is 1. The smallest absolute Gasteiger partial charge is 0.375 e. The maximum absolute atomic E-state index is 12.7. The molecule has 1 atom stereocenters. The lowest BCUT2D eigenvalue weighted by atomic mass is 10.0. The maximum atomic E-state index is 12.7. The van der Waals surface area contributed by atoms with Crippen LogP contribution >= 0.6 is 0 Å². The molecule has 1 fully saturated rings. The Labute approximate surface area is 179 Å². The Kier molecular flexibility index (Phi) is 4.32. The topological polar surface area (TPSA) is 91.6 Å². The minimum atomic E-state index is -1.18. The highest BCUT2D eigenvalue weighted by Gasteiger charge is 2.41. The second-order valence-electron chi connectivity index (χ2n) is 8.23. The van der Waals surface area contributed by atoms with Crippen molar-refractivity contribution >= 4 is 23.3 Å². The number of carbonyl (C=O) groups is 2. The molecular formula is C23H23N5O3. The lowest BCUT2D eigenvalue weighted by molar-refractivity contribution is -0.119. The van der Waals surface area contributed by atoms with E-state index in [0.29, 0.717) is 11.9 Å². The van der Waals surface area contributed by atoms with Crippen LogP contribution in [0.4, 0.5) is 11.4 Å². The van der Waals surface area contributed by atoms with Crippen LogP contribution in [0.2, 0.25) is 0 Å². The number of carboxylic acids is 1. The number of hydrogen-bond acceptors (Lipinski definition) is 5. The summed E-state index contributed by atoms with van der Waals surface area (Å²) in [7, 11) is 1.79. The molecule has 31 heavy (non-hydrogen) atoms. The number of carboxylic acid groups (broad SMARTS) is 1. The fraction of sp³-hybridized carbons (Fsp3) is 0.304. The summed E-state index contributed by atoms with van der Waals surface area (Å²) in [5.41, 5.74) is 4.39. The summed E-state index contributed by atoms with van der Waals surface area (Å²) in [5.74, 6) is -0.910. The van der Waals surface area contributed by atoms with E-state index in [9.17, 15) is 14.7 Å². The largest absolute Gasteiger partial charge is 0.475 e. The summed E-state index contributed by atoms with van der Waals surface area (Å²) in [6.45, 7) is 3.92. The highest BCUT2D eigenvalue weighted by atomic mass is 16.4. The number of nitrogens with zero attached hydrogens (tertiary/aromatic N) is 5. The van der Waals surface area contributed by atoms with Crippen molar-refractivity contribution in [2.75, 3.05) is 16.8 Å². The van der Waals surface area contributed by atoms with Crippen LogP contribution in [0.3, 0.4) is 0 Å². The molecule has 1 unspecified atom stereocenters. The number of fused-ring (bicyclic) bond motifs is 1. The third kappa shape index (κ3) is 3.15. The molecule has 1 aliphatic carbocycles. The quantitative estimate of drug-likeness (QED) is 0.701. The van der Waals surface area contributed by atoms with Crippen LogP contribution in [0.1, 0.15) is 35.9 Å². The first-order valence-corrected chi connectivity index (χ1v) is 10.3. The van der Waals surface area contributed by atoms with Gasteiger partial charge in [0.05, 0.1) is 17.1 Å². The molecule has 3 aromatic rings. The Morgan fingerprint density at radius 2 is 1.81 bits per heavy atom. The molecular weight excluding hydrogens is 394 g/mol. The lowest BCUT2D eigenvalue weighted by Crippen LogP contribution is -2.51. The second-order valence-corrected chi connectivity index (χ2v) is 8.23. The maximum Gasteiger partial charge on any atom is 0.375 e. The zero-order valence-electron chi connectivity index (χ0n) is 17.6. The Morgan fingerprint density at radius 3 is 2.45 bits per heavy atom. The number of aromatic carboxylic acids is 1. The molecule has 0 radical (unpaired) electrons. The first-order chi connectivity index (χ1) is 14.8. The van der Waals surface area contributed by atoms with Crippen LogP contribution in [-0.4, -0.2) is 50.9 Å². The molecule has 2 heterocycles. The molecule has 0 bridgehead atoms. The summed E-state index contributed by atoms with van der Waals surface area (Å²) in [5, 5.41) is 13.7. The van der Waals surface area contributed by atoms with Crippen LogP contribution < -0.4 is 9.80 Å². The van der Waals surface area contributed by atoms with Gasteiger partial charge in [0.25, 0.3) is 5.82 Å². The molecule has 2 aliphatic rings. The summed E-state index contributed by atoms with van der Waals surface area (Å²) in [4.78, 5) is 32.5.